The van der Waals surface area contributed by atoms with E-state index in [0.717, 1.165) is 21.8 Å². The summed E-state index contributed by atoms with van der Waals surface area (Å²) >= 11 is 1.52. The van der Waals surface area contributed by atoms with Crippen LogP contribution in [0.2, 0.25) is 0 Å². The second-order valence-electron chi connectivity index (χ2n) is 7.24. The standard InChI is InChI=1S/C22H23N3O3S2/c26-21(23-14-19-15-29-22(24-19)18-10-5-2-6-11-18)20-12-7-13-25(20)30(27,28)16-17-8-3-1-4-9-17/h1-6,8-11,15,20H,7,12-14,16H2,(H,23,26). The number of sulfonamides is 1. The van der Waals surface area contributed by atoms with Crippen molar-refractivity contribution in [3.05, 3.63) is 77.3 Å². The van der Waals surface area contributed by atoms with Gasteiger partial charge >= 0.3 is 0 Å². The number of amides is 1. The minimum atomic E-state index is -3.56. The smallest absolute Gasteiger partial charge is 0.238 e. The van der Waals surface area contributed by atoms with Gasteiger partial charge in [0.05, 0.1) is 18.0 Å². The minimum Gasteiger partial charge on any atom is -0.349 e. The Labute approximate surface area is 180 Å². The van der Waals surface area contributed by atoms with Crippen LogP contribution in [0.1, 0.15) is 24.1 Å². The molecule has 1 unspecified atom stereocenters. The fraction of sp³-hybridized carbons (Fsp3) is 0.273. The number of carbonyl (C=O) groups is 1. The topological polar surface area (TPSA) is 79.4 Å². The Morgan fingerprint density at radius 1 is 1.10 bits per heavy atom. The zero-order valence-corrected chi connectivity index (χ0v) is 18.0. The van der Waals surface area contributed by atoms with Crippen molar-refractivity contribution < 1.29 is 13.2 Å². The van der Waals surface area contributed by atoms with E-state index in [-0.39, 0.29) is 18.2 Å². The summed E-state index contributed by atoms with van der Waals surface area (Å²) in [6.07, 6.45) is 1.22. The van der Waals surface area contributed by atoms with Crippen LogP contribution in [0.15, 0.2) is 66.0 Å². The third kappa shape index (κ3) is 4.77. The molecular formula is C22H23N3O3S2. The number of rotatable bonds is 7. The van der Waals surface area contributed by atoms with Gasteiger partial charge in [-0.25, -0.2) is 13.4 Å². The van der Waals surface area contributed by atoms with Gasteiger partial charge in [0.25, 0.3) is 0 Å². The predicted octanol–water partition coefficient (Wildman–Crippen LogP) is 3.42. The van der Waals surface area contributed by atoms with Gasteiger partial charge in [0.15, 0.2) is 0 Å². The number of nitrogens with zero attached hydrogens (tertiary/aromatic N) is 2. The molecule has 0 radical (unpaired) electrons. The lowest BCUT2D eigenvalue weighted by Gasteiger charge is -2.23. The van der Waals surface area contributed by atoms with E-state index < -0.39 is 16.1 Å². The zero-order valence-electron chi connectivity index (χ0n) is 16.4. The predicted molar refractivity (Wildman–Crippen MR) is 118 cm³/mol. The number of nitrogens with one attached hydrogen (secondary N) is 1. The van der Waals surface area contributed by atoms with Crippen LogP contribution in [0.25, 0.3) is 10.6 Å². The van der Waals surface area contributed by atoms with E-state index in [1.54, 1.807) is 12.1 Å². The average Bonchev–Trinajstić information content (AvgIpc) is 3.43. The highest BCUT2D eigenvalue weighted by Crippen LogP contribution is 2.25. The summed E-state index contributed by atoms with van der Waals surface area (Å²) in [4.78, 5) is 17.3. The molecule has 156 valence electrons. The van der Waals surface area contributed by atoms with Crippen LogP contribution in [0.5, 0.6) is 0 Å². The number of carbonyl (C=O) groups excluding carboxylic acids is 1. The van der Waals surface area contributed by atoms with Crippen molar-refractivity contribution in [1.29, 1.82) is 0 Å². The molecule has 1 aromatic heterocycles. The maximum absolute atomic E-state index is 12.9. The lowest BCUT2D eigenvalue weighted by atomic mass is 10.2. The molecule has 0 bridgehead atoms. The summed E-state index contributed by atoms with van der Waals surface area (Å²) < 4.78 is 27.1. The van der Waals surface area contributed by atoms with E-state index in [0.29, 0.717) is 19.4 Å². The SMILES string of the molecule is O=C(NCc1csc(-c2ccccc2)n1)C1CCCN1S(=O)(=O)Cc1ccccc1. The molecule has 4 rings (SSSR count). The van der Waals surface area contributed by atoms with Gasteiger partial charge < -0.3 is 5.32 Å². The summed E-state index contributed by atoms with van der Waals surface area (Å²) in [7, 11) is -3.56. The van der Waals surface area contributed by atoms with E-state index in [1.807, 2.05) is 53.9 Å². The maximum Gasteiger partial charge on any atom is 0.238 e. The molecule has 0 saturated carbocycles. The number of hydrogen-bond donors (Lipinski definition) is 1. The second kappa shape index (κ2) is 9.07. The van der Waals surface area contributed by atoms with E-state index >= 15 is 0 Å². The highest BCUT2D eigenvalue weighted by atomic mass is 32.2. The third-order valence-corrected chi connectivity index (χ3v) is 7.86. The largest absolute Gasteiger partial charge is 0.349 e. The summed E-state index contributed by atoms with van der Waals surface area (Å²) in [6.45, 7) is 0.660. The summed E-state index contributed by atoms with van der Waals surface area (Å²) in [5, 5.41) is 5.68. The first-order valence-electron chi connectivity index (χ1n) is 9.84. The molecule has 2 aromatic carbocycles. The number of thiazole rings is 1. The van der Waals surface area contributed by atoms with Crippen LogP contribution in [-0.2, 0) is 27.1 Å². The van der Waals surface area contributed by atoms with Crippen molar-refractivity contribution in [2.24, 2.45) is 0 Å². The number of aromatic nitrogens is 1. The van der Waals surface area contributed by atoms with Crippen LogP contribution in [-0.4, -0.2) is 36.2 Å². The summed E-state index contributed by atoms with van der Waals surface area (Å²) in [5.41, 5.74) is 2.53. The molecule has 0 aliphatic carbocycles. The van der Waals surface area contributed by atoms with E-state index in [9.17, 15) is 13.2 Å². The molecule has 1 aliphatic rings. The highest BCUT2D eigenvalue weighted by molar-refractivity contribution is 7.88. The van der Waals surface area contributed by atoms with E-state index in [2.05, 4.69) is 10.3 Å². The van der Waals surface area contributed by atoms with Crippen molar-refractivity contribution in [2.45, 2.75) is 31.2 Å². The molecule has 0 spiro atoms. The zero-order chi connectivity index (χ0) is 21.0. The molecule has 1 N–H and O–H groups in total. The minimum absolute atomic E-state index is 0.0931. The fourth-order valence-electron chi connectivity index (χ4n) is 3.60. The quantitative estimate of drug-likeness (QED) is 0.609. The Morgan fingerprint density at radius 3 is 2.53 bits per heavy atom. The number of benzene rings is 2. The molecular weight excluding hydrogens is 418 g/mol. The average molecular weight is 442 g/mol. The van der Waals surface area contributed by atoms with Crippen molar-refractivity contribution in [2.75, 3.05) is 6.54 Å². The van der Waals surface area contributed by atoms with Crippen molar-refractivity contribution in [1.82, 2.24) is 14.6 Å². The molecule has 1 atom stereocenters. The lowest BCUT2D eigenvalue weighted by molar-refractivity contribution is -0.124. The Balaban J connectivity index is 1.39. The molecule has 3 aromatic rings. The Morgan fingerprint density at radius 2 is 1.80 bits per heavy atom. The van der Waals surface area contributed by atoms with Crippen LogP contribution >= 0.6 is 11.3 Å². The molecule has 1 aliphatic heterocycles. The van der Waals surface area contributed by atoms with Crippen LogP contribution < -0.4 is 5.32 Å². The van der Waals surface area contributed by atoms with Crippen LogP contribution in [0.4, 0.5) is 0 Å². The van der Waals surface area contributed by atoms with Gasteiger partial charge in [-0.3, -0.25) is 4.79 Å². The Kier molecular flexibility index (Phi) is 6.26. The third-order valence-electron chi connectivity index (χ3n) is 5.07. The van der Waals surface area contributed by atoms with Crippen molar-refractivity contribution in [3.63, 3.8) is 0 Å². The first-order chi connectivity index (χ1) is 14.5. The molecule has 1 fully saturated rings. The maximum atomic E-state index is 12.9. The van der Waals surface area contributed by atoms with Gasteiger partial charge in [0.2, 0.25) is 15.9 Å². The normalized spacial score (nSPS) is 17.1. The lowest BCUT2D eigenvalue weighted by Crippen LogP contribution is -2.46. The van der Waals surface area contributed by atoms with E-state index in [4.69, 9.17) is 0 Å². The van der Waals surface area contributed by atoms with Crippen LogP contribution in [0, 0.1) is 0 Å². The summed E-state index contributed by atoms with van der Waals surface area (Å²) in [5.74, 6) is -0.358. The van der Waals surface area contributed by atoms with Gasteiger partial charge in [-0.1, -0.05) is 60.7 Å². The molecule has 1 saturated heterocycles. The van der Waals surface area contributed by atoms with Crippen molar-refractivity contribution >= 4 is 27.3 Å². The molecule has 6 nitrogen and oxygen atoms in total. The molecule has 1 amide bonds. The van der Waals surface area contributed by atoms with Gasteiger partial charge in [0.1, 0.15) is 11.0 Å². The van der Waals surface area contributed by atoms with Gasteiger partial charge in [-0.15, -0.1) is 11.3 Å². The molecule has 2 heterocycles. The Hall–Kier alpha value is -2.55. The van der Waals surface area contributed by atoms with Crippen molar-refractivity contribution in [3.8, 4) is 10.6 Å². The van der Waals surface area contributed by atoms with Gasteiger partial charge in [-0.05, 0) is 18.4 Å². The second-order valence-corrected chi connectivity index (χ2v) is 10.0. The monoisotopic (exact) mass is 441 g/mol. The number of hydrogen-bond acceptors (Lipinski definition) is 5. The first-order valence-corrected chi connectivity index (χ1v) is 12.3. The van der Waals surface area contributed by atoms with Crippen LogP contribution in [0.3, 0.4) is 0 Å². The Bertz CT molecular complexity index is 1100. The summed E-state index contributed by atoms with van der Waals surface area (Å²) in [6, 6.07) is 18.3. The highest BCUT2D eigenvalue weighted by Gasteiger charge is 2.38. The fourth-order valence-corrected chi connectivity index (χ4v) is 6.20. The van der Waals surface area contributed by atoms with Gasteiger partial charge in [0, 0.05) is 17.5 Å². The first kappa shape index (κ1) is 20.7. The van der Waals surface area contributed by atoms with E-state index in [1.165, 1.54) is 15.6 Å². The molecule has 30 heavy (non-hydrogen) atoms. The molecule has 8 heteroatoms. The van der Waals surface area contributed by atoms with Gasteiger partial charge in [-0.2, -0.15) is 4.31 Å².